The molecule has 1 saturated carbocycles. The number of amides is 2. The highest BCUT2D eigenvalue weighted by molar-refractivity contribution is 6.01. The molecule has 0 bridgehead atoms. The van der Waals surface area contributed by atoms with E-state index < -0.39 is 17.3 Å². The Bertz CT molecular complexity index is 669. The number of aliphatic hydroxyl groups is 1. The predicted molar refractivity (Wildman–Crippen MR) is 92.7 cm³/mol. The molecule has 136 valence electrons. The van der Waals surface area contributed by atoms with Crippen molar-refractivity contribution < 1.29 is 19.1 Å². The third-order valence-electron chi connectivity index (χ3n) is 5.29. The van der Waals surface area contributed by atoms with Gasteiger partial charge in [-0.05, 0) is 30.5 Å². The average molecular weight is 348 g/mol. The van der Waals surface area contributed by atoms with Crippen LogP contribution in [0.4, 0.5) is 10.1 Å². The van der Waals surface area contributed by atoms with Crippen molar-refractivity contribution in [1.82, 2.24) is 4.90 Å². The van der Waals surface area contributed by atoms with Crippen LogP contribution in [0, 0.1) is 5.82 Å². The quantitative estimate of drug-likeness (QED) is 0.825. The standard InChI is InChI=1S/C19H25FN2O3/c1-22(12-19(25)8-4-2-3-5-9-19)18(24)15-11-17(23)21-16-10-13(20)6-7-14(15)16/h6-7,10,15,25H,2-5,8-9,11-12H2,1H3,(H,21,23)/t15-/m0/s1. The molecule has 1 heterocycles. The molecule has 0 spiro atoms. The fourth-order valence-electron chi connectivity index (χ4n) is 3.99. The Morgan fingerprint density at radius 1 is 1.32 bits per heavy atom. The number of fused-ring (bicyclic) bond motifs is 1. The molecule has 1 aliphatic carbocycles. The van der Waals surface area contributed by atoms with Crippen molar-refractivity contribution in [3.8, 4) is 0 Å². The van der Waals surface area contributed by atoms with Crippen molar-refractivity contribution in [1.29, 1.82) is 0 Å². The van der Waals surface area contributed by atoms with E-state index in [2.05, 4.69) is 5.32 Å². The van der Waals surface area contributed by atoms with Crippen molar-refractivity contribution in [2.24, 2.45) is 0 Å². The number of anilines is 1. The lowest BCUT2D eigenvalue weighted by molar-refractivity contribution is -0.137. The maximum Gasteiger partial charge on any atom is 0.230 e. The smallest absolute Gasteiger partial charge is 0.230 e. The Morgan fingerprint density at radius 3 is 2.68 bits per heavy atom. The number of carbonyl (C=O) groups excluding carboxylic acids is 2. The summed E-state index contributed by atoms with van der Waals surface area (Å²) in [5.41, 5.74) is 0.130. The maximum atomic E-state index is 13.4. The Balaban J connectivity index is 1.77. The van der Waals surface area contributed by atoms with E-state index in [0.717, 1.165) is 25.7 Å². The van der Waals surface area contributed by atoms with Gasteiger partial charge in [-0.15, -0.1) is 0 Å². The number of benzene rings is 1. The molecular weight excluding hydrogens is 323 g/mol. The second kappa shape index (κ2) is 7.12. The molecule has 0 saturated heterocycles. The third kappa shape index (κ3) is 4.00. The molecule has 3 rings (SSSR count). The SMILES string of the molecule is CN(CC1(O)CCCCCC1)C(=O)[C@H]1CC(=O)Nc2cc(F)ccc21. The lowest BCUT2D eigenvalue weighted by atomic mass is 9.88. The van der Waals surface area contributed by atoms with Gasteiger partial charge in [0.25, 0.3) is 0 Å². The number of rotatable bonds is 3. The van der Waals surface area contributed by atoms with Gasteiger partial charge in [0.2, 0.25) is 11.8 Å². The van der Waals surface area contributed by atoms with E-state index in [4.69, 9.17) is 0 Å². The van der Waals surface area contributed by atoms with Crippen molar-refractivity contribution >= 4 is 17.5 Å². The van der Waals surface area contributed by atoms with Crippen LogP contribution < -0.4 is 5.32 Å². The summed E-state index contributed by atoms with van der Waals surface area (Å²) in [5, 5.41) is 13.5. The number of hydrogen-bond donors (Lipinski definition) is 2. The van der Waals surface area contributed by atoms with E-state index in [0.29, 0.717) is 24.1 Å². The summed E-state index contributed by atoms with van der Waals surface area (Å²) in [6.45, 7) is 0.264. The predicted octanol–water partition coefficient (Wildman–Crippen LogP) is 2.80. The monoisotopic (exact) mass is 348 g/mol. The minimum atomic E-state index is -0.858. The number of nitrogens with one attached hydrogen (secondary N) is 1. The van der Waals surface area contributed by atoms with Crippen LogP contribution in [0.1, 0.15) is 56.4 Å². The summed E-state index contributed by atoms with van der Waals surface area (Å²) >= 11 is 0. The van der Waals surface area contributed by atoms with Crippen LogP contribution >= 0.6 is 0 Å². The number of carbonyl (C=O) groups is 2. The number of nitrogens with zero attached hydrogens (tertiary/aromatic N) is 1. The highest BCUT2D eigenvalue weighted by Gasteiger charge is 2.36. The van der Waals surface area contributed by atoms with Gasteiger partial charge in [0.15, 0.2) is 0 Å². The van der Waals surface area contributed by atoms with E-state index in [1.807, 2.05) is 0 Å². The normalized spacial score (nSPS) is 22.5. The van der Waals surface area contributed by atoms with E-state index >= 15 is 0 Å². The first-order valence-electron chi connectivity index (χ1n) is 8.95. The molecule has 1 aliphatic heterocycles. The zero-order chi connectivity index (χ0) is 18.0. The van der Waals surface area contributed by atoms with Crippen LogP contribution in [0.15, 0.2) is 18.2 Å². The minimum absolute atomic E-state index is 0.0419. The molecule has 0 radical (unpaired) electrons. The summed E-state index contributed by atoms with van der Waals surface area (Å²) in [6.07, 6.45) is 5.58. The van der Waals surface area contributed by atoms with Gasteiger partial charge in [-0.2, -0.15) is 0 Å². The molecular formula is C19H25FN2O3. The van der Waals surface area contributed by atoms with Gasteiger partial charge in [0.1, 0.15) is 5.82 Å². The first-order chi connectivity index (χ1) is 11.9. The Kier molecular flexibility index (Phi) is 5.08. The van der Waals surface area contributed by atoms with Crippen LogP contribution in [-0.2, 0) is 9.59 Å². The summed E-state index contributed by atoms with van der Waals surface area (Å²) in [6, 6.07) is 4.10. The van der Waals surface area contributed by atoms with E-state index in [1.54, 1.807) is 13.1 Å². The summed E-state index contributed by atoms with van der Waals surface area (Å²) in [5.74, 6) is -1.59. The molecule has 0 aromatic heterocycles. The van der Waals surface area contributed by atoms with E-state index in [-0.39, 0.29) is 24.8 Å². The third-order valence-corrected chi connectivity index (χ3v) is 5.29. The lowest BCUT2D eigenvalue weighted by Gasteiger charge is -2.34. The van der Waals surface area contributed by atoms with Crippen LogP contribution in [-0.4, -0.2) is 41.0 Å². The zero-order valence-corrected chi connectivity index (χ0v) is 14.6. The fraction of sp³-hybridized carbons (Fsp3) is 0.579. The topological polar surface area (TPSA) is 69.6 Å². The molecule has 1 aromatic carbocycles. The molecule has 1 aromatic rings. The van der Waals surface area contributed by atoms with Gasteiger partial charge in [0.05, 0.1) is 11.5 Å². The molecule has 2 N–H and O–H groups in total. The van der Waals surface area contributed by atoms with Gasteiger partial charge < -0.3 is 15.3 Å². The molecule has 25 heavy (non-hydrogen) atoms. The number of hydrogen-bond acceptors (Lipinski definition) is 3. The van der Waals surface area contributed by atoms with Crippen LogP contribution in [0.2, 0.25) is 0 Å². The van der Waals surface area contributed by atoms with Gasteiger partial charge in [-0.1, -0.05) is 31.7 Å². The van der Waals surface area contributed by atoms with Crippen molar-refractivity contribution in [3.05, 3.63) is 29.6 Å². The first kappa shape index (κ1) is 17.9. The summed E-state index contributed by atoms with van der Waals surface area (Å²) in [4.78, 5) is 26.4. The summed E-state index contributed by atoms with van der Waals surface area (Å²) in [7, 11) is 1.67. The highest BCUT2D eigenvalue weighted by Crippen LogP contribution is 2.35. The fourth-order valence-corrected chi connectivity index (χ4v) is 3.99. The molecule has 2 amide bonds. The van der Waals surface area contributed by atoms with Crippen molar-refractivity contribution in [3.63, 3.8) is 0 Å². The van der Waals surface area contributed by atoms with Gasteiger partial charge >= 0.3 is 0 Å². The van der Waals surface area contributed by atoms with Crippen LogP contribution in [0.25, 0.3) is 0 Å². The zero-order valence-electron chi connectivity index (χ0n) is 14.6. The number of likely N-dealkylation sites (N-methyl/N-ethyl adjacent to an activating group) is 1. The van der Waals surface area contributed by atoms with E-state index in [1.165, 1.54) is 17.0 Å². The molecule has 2 aliphatic rings. The Morgan fingerprint density at radius 2 is 2.00 bits per heavy atom. The van der Waals surface area contributed by atoms with Crippen molar-refractivity contribution in [2.75, 3.05) is 18.9 Å². The summed E-state index contributed by atoms with van der Waals surface area (Å²) < 4.78 is 13.4. The molecule has 0 unspecified atom stereocenters. The second-order valence-electron chi connectivity index (χ2n) is 7.37. The van der Waals surface area contributed by atoms with E-state index in [9.17, 15) is 19.1 Å². The Labute approximate surface area is 147 Å². The number of halogens is 1. The lowest BCUT2D eigenvalue weighted by Crippen LogP contribution is -2.46. The van der Waals surface area contributed by atoms with Crippen molar-refractivity contribution in [2.45, 2.75) is 56.5 Å². The molecule has 6 heteroatoms. The largest absolute Gasteiger partial charge is 0.388 e. The Hall–Kier alpha value is -1.95. The highest BCUT2D eigenvalue weighted by atomic mass is 19.1. The van der Waals surface area contributed by atoms with Gasteiger partial charge in [-0.3, -0.25) is 9.59 Å². The average Bonchev–Trinajstić information content (AvgIpc) is 2.77. The minimum Gasteiger partial charge on any atom is -0.388 e. The van der Waals surface area contributed by atoms with Gasteiger partial charge in [0, 0.05) is 25.7 Å². The van der Waals surface area contributed by atoms with Crippen LogP contribution in [0.3, 0.4) is 0 Å². The van der Waals surface area contributed by atoms with Gasteiger partial charge in [-0.25, -0.2) is 4.39 Å². The van der Waals surface area contributed by atoms with Crippen LogP contribution in [0.5, 0.6) is 0 Å². The molecule has 1 atom stereocenters. The molecule has 5 nitrogen and oxygen atoms in total. The maximum absolute atomic E-state index is 13.4. The molecule has 1 fully saturated rings. The first-order valence-corrected chi connectivity index (χ1v) is 8.95. The second-order valence-corrected chi connectivity index (χ2v) is 7.37.